The molecule has 0 atom stereocenters. The minimum atomic E-state index is 0.0919. The van der Waals surface area contributed by atoms with Gasteiger partial charge in [0.15, 0.2) is 0 Å². The van der Waals surface area contributed by atoms with E-state index >= 15 is 0 Å². The molecule has 1 aliphatic rings. The zero-order valence-electron chi connectivity index (χ0n) is 14.5. The SMILES string of the molecule is O=C(/C=C\c1cn(-c2ccccc2)nc1-c1cccs1)N1CCCCC1. The minimum absolute atomic E-state index is 0.0919. The Balaban J connectivity index is 1.64. The number of piperidine rings is 1. The predicted molar refractivity (Wildman–Crippen MR) is 106 cm³/mol. The van der Waals surface area contributed by atoms with Gasteiger partial charge >= 0.3 is 0 Å². The first-order valence-electron chi connectivity index (χ1n) is 8.97. The maximum absolute atomic E-state index is 12.5. The van der Waals surface area contributed by atoms with Gasteiger partial charge in [0.05, 0.1) is 10.6 Å². The average Bonchev–Trinajstić information content (AvgIpc) is 3.37. The monoisotopic (exact) mass is 363 g/mol. The van der Waals surface area contributed by atoms with E-state index in [1.54, 1.807) is 17.4 Å². The summed E-state index contributed by atoms with van der Waals surface area (Å²) in [7, 11) is 0. The lowest BCUT2D eigenvalue weighted by atomic mass is 10.1. The molecule has 2 aromatic heterocycles. The molecule has 1 fully saturated rings. The Hall–Kier alpha value is -2.66. The van der Waals surface area contributed by atoms with E-state index in [2.05, 4.69) is 6.07 Å². The summed E-state index contributed by atoms with van der Waals surface area (Å²) in [5, 5.41) is 6.81. The van der Waals surface area contributed by atoms with Crippen LogP contribution in [0.25, 0.3) is 22.3 Å². The highest BCUT2D eigenvalue weighted by Crippen LogP contribution is 2.28. The number of thiophene rings is 1. The quantitative estimate of drug-likeness (QED) is 0.634. The van der Waals surface area contributed by atoms with Crippen molar-refractivity contribution >= 4 is 23.3 Å². The van der Waals surface area contributed by atoms with Crippen LogP contribution in [0.1, 0.15) is 24.8 Å². The van der Waals surface area contributed by atoms with Gasteiger partial charge in [0.25, 0.3) is 0 Å². The fraction of sp³-hybridized carbons (Fsp3) is 0.238. The van der Waals surface area contributed by atoms with E-state index in [4.69, 9.17) is 5.10 Å². The van der Waals surface area contributed by atoms with E-state index < -0.39 is 0 Å². The first-order chi connectivity index (χ1) is 12.8. The summed E-state index contributed by atoms with van der Waals surface area (Å²) in [6, 6.07) is 14.1. The fourth-order valence-corrected chi connectivity index (χ4v) is 3.94. The Morgan fingerprint density at radius 1 is 1.04 bits per heavy atom. The molecule has 0 saturated carbocycles. The molecule has 1 aliphatic heterocycles. The third kappa shape index (κ3) is 3.63. The molecule has 4 nitrogen and oxygen atoms in total. The number of hydrogen-bond donors (Lipinski definition) is 0. The van der Waals surface area contributed by atoms with Crippen LogP contribution >= 0.6 is 11.3 Å². The van der Waals surface area contributed by atoms with Gasteiger partial charge in [-0.2, -0.15) is 5.10 Å². The second-order valence-electron chi connectivity index (χ2n) is 6.41. The molecule has 132 valence electrons. The van der Waals surface area contributed by atoms with Gasteiger partial charge in [0.1, 0.15) is 5.69 Å². The van der Waals surface area contributed by atoms with Gasteiger partial charge in [0.2, 0.25) is 5.91 Å². The van der Waals surface area contributed by atoms with E-state index in [1.165, 1.54) is 6.42 Å². The van der Waals surface area contributed by atoms with Crippen LogP contribution in [0.3, 0.4) is 0 Å². The number of benzene rings is 1. The first kappa shape index (κ1) is 16.8. The number of rotatable bonds is 4. The van der Waals surface area contributed by atoms with Crippen molar-refractivity contribution in [3.8, 4) is 16.3 Å². The molecule has 1 aromatic carbocycles. The topological polar surface area (TPSA) is 38.1 Å². The Kier molecular flexibility index (Phi) is 4.97. The van der Waals surface area contributed by atoms with Crippen LogP contribution in [0.4, 0.5) is 0 Å². The number of hydrogen-bond acceptors (Lipinski definition) is 3. The van der Waals surface area contributed by atoms with Crippen molar-refractivity contribution in [3.05, 3.63) is 65.7 Å². The van der Waals surface area contributed by atoms with E-state index in [0.29, 0.717) is 0 Å². The smallest absolute Gasteiger partial charge is 0.246 e. The molecule has 3 aromatic rings. The van der Waals surface area contributed by atoms with Crippen LogP contribution in [0, 0.1) is 0 Å². The van der Waals surface area contributed by atoms with Crippen molar-refractivity contribution in [2.24, 2.45) is 0 Å². The highest BCUT2D eigenvalue weighted by atomic mass is 32.1. The lowest BCUT2D eigenvalue weighted by molar-refractivity contribution is -0.126. The number of carbonyl (C=O) groups excluding carboxylic acids is 1. The molecule has 4 rings (SSSR count). The number of aromatic nitrogens is 2. The van der Waals surface area contributed by atoms with E-state index in [0.717, 1.165) is 47.8 Å². The van der Waals surface area contributed by atoms with Gasteiger partial charge in [-0.25, -0.2) is 4.68 Å². The Morgan fingerprint density at radius 2 is 1.85 bits per heavy atom. The van der Waals surface area contributed by atoms with Crippen LogP contribution in [-0.2, 0) is 4.79 Å². The van der Waals surface area contributed by atoms with Gasteiger partial charge in [-0.1, -0.05) is 24.3 Å². The summed E-state index contributed by atoms with van der Waals surface area (Å²) in [5.74, 6) is 0.0919. The standard InChI is InChI=1S/C21H21N3OS/c25-20(23-13-5-2-6-14-23)12-11-17-16-24(18-8-3-1-4-9-18)22-21(17)19-10-7-15-26-19/h1,3-4,7-12,15-16H,2,5-6,13-14H2/b12-11-. The number of amides is 1. The molecule has 0 radical (unpaired) electrons. The fourth-order valence-electron chi connectivity index (χ4n) is 3.21. The lowest BCUT2D eigenvalue weighted by Crippen LogP contribution is -2.34. The van der Waals surface area contributed by atoms with Crippen LogP contribution in [0.5, 0.6) is 0 Å². The number of likely N-dealkylation sites (tertiary alicyclic amines) is 1. The molecule has 0 unspecified atom stereocenters. The van der Waals surface area contributed by atoms with Gasteiger partial charge < -0.3 is 4.90 Å². The van der Waals surface area contributed by atoms with Gasteiger partial charge in [-0.15, -0.1) is 11.3 Å². The lowest BCUT2D eigenvalue weighted by Gasteiger charge is -2.25. The molecule has 1 amide bonds. The zero-order chi connectivity index (χ0) is 17.8. The van der Waals surface area contributed by atoms with Crippen LogP contribution in [-0.4, -0.2) is 33.7 Å². The summed E-state index contributed by atoms with van der Waals surface area (Å²) < 4.78 is 1.88. The Bertz CT molecular complexity index is 891. The number of para-hydroxylation sites is 1. The van der Waals surface area contributed by atoms with Gasteiger partial charge in [-0.05, 0) is 48.9 Å². The largest absolute Gasteiger partial charge is 0.339 e. The van der Waals surface area contributed by atoms with Crippen LogP contribution < -0.4 is 0 Å². The molecule has 0 N–H and O–H groups in total. The van der Waals surface area contributed by atoms with Gasteiger partial charge in [-0.3, -0.25) is 4.79 Å². The highest BCUT2D eigenvalue weighted by Gasteiger charge is 2.15. The normalized spacial score (nSPS) is 14.8. The summed E-state index contributed by atoms with van der Waals surface area (Å²) >= 11 is 1.66. The summed E-state index contributed by atoms with van der Waals surface area (Å²) in [6.45, 7) is 1.73. The number of nitrogens with zero attached hydrogens (tertiary/aromatic N) is 3. The van der Waals surface area contributed by atoms with Crippen molar-refractivity contribution in [1.29, 1.82) is 0 Å². The molecular weight excluding hydrogens is 342 g/mol. The molecule has 0 bridgehead atoms. The van der Waals surface area contributed by atoms with Crippen LogP contribution in [0.15, 0.2) is 60.1 Å². The number of carbonyl (C=O) groups is 1. The highest BCUT2D eigenvalue weighted by molar-refractivity contribution is 7.13. The van der Waals surface area contributed by atoms with Crippen LogP contribution in [0.2, 0.25) is 0 Å². The van der Waals surface area contributed by atoms with Crippen molar-refractivity contribution in [2.75, 3.05) is 13.1 Å². The first-order valence-corrected chi connectivity index (χ1v) is 9.85. The maximum atomic E-state index is 12.5. The van der Waals surface area contributed by atoms with Crippen molar-refractivity contribution in [3.63, 3.8) is 0 Å². The molecule has 5 heteroatoms. The van der Waals surface area contributed by atoms with E-state index in [9.17, 15) is 4.79 Å². The molecular formula is C21H21N3OS. The summed E-state index contributed by atoms with van der Waals surface area (Å²) in [4.78, 5) is 15.5. The Labute approximate surface area is 157 Å². The molecule has 0 aliphatic carbocycles. The minimum Gasteiger partial charge on any atom is -0.339 e. The zero-order valence-corrected chi connectivity index (χ0v) is 15.4. The third-order valence-corrected chi connectivity index (χ3v) is 5.47. The average molecular weight is 363 g/mol. The van der Waals surface area contributed by atoms with E-state index in [-0.39, 0.29) is 5.91 Å². The van der Waals surface area contributed by atoms with Gasteiger partial charge in [0, 0.05) is 30.9 Å². The summed E-state index contributed by atoms with van der Waals surface area (Å²) in [6.07, 6.45) is 9.01. The van der Waals surface area contributed by atoms with Crippen molar-refractivity contribution in [1.82, 2.24) is 14.7 Å². The molecule has 0 spiro atoms. The summed E-state index contributed by atoms with van der Waals surface area (Å²) in [5.41, 5.74) is 2.88. The second-order valence-corrected chi connectivity index (χ2v) is 7.36. The molecule has 26 heavy (non-hydrogen) atoms. The molecule has 1 saturated heterocycles. The molecule has 3 heterocycles. The van der Waals surface area contributed by atoms with Crippen molar-refractivity contribution < 1.29 is 4.79 Å². The predicted octanol–water partition coefficient (Wildman–Crippen LogP) is 4.63. The Morgan fingerprint density at radius 3 is 2.58 bits per heavy atom. The van der Waals surface area contributed by atoms with E-state index in [1.807, 2.05) is 63.6 Å². The third-order valence-electron chi connectivity index (χ3n) is 4.59. The second kappa shape index (κ2) is 7.70. The van der Waals surface area contributed by atoms with Crippen molar-refractivity contribution in [2.45, 2.75) is 19.3 Å². The maximum Gasteiger partial charge on any atom is 0.246 e.